The van der Waals surface area contributed by atoms with E-state index in [9.17, 15) is 0 Å². The zero-order valence-electron chi connectivity index (χ0n) is 11.5. The van der Waals surface area contributed by atoms with Crippen LogP contribution in [-0.2, 0) is 0 Å². The van der Waals surface area contributed by atoms with Crippen LogP contribution in [0, 0.1) is 0 Å². The fourth-order valence-electron chi connectivity index (χ4n) is 1.59. The maximum Gasteiger partial charge on any atom is 0.0624 e. The Morgan fingerprint density at radius 1 is 1.25 bits per heavy atom. The van der Waals surface area contributed by atoms with Gasteiger partial charge in [0.15, 0.2) is 0 Å². The molecule has 0 aromatic rings. The Bertz CT molecular complexity index is 200. The summed E-state index contributed by atoms with van der Waals surface area (Å²) in [6.07, 6.45) is 12.0. The van der Waals surface area contributed by atoms with Crippen LogP contribution >= 0.6 is 10.0 Å². The smallest absolute Gasteiger partial charge is 0.0624 e. The van der Waals surface area contributed by atoms with Gasteiger partial charge in [-0.25, -0.2) is 10.0 Å². The molecule has 0 aromatic heterocycles. The summed E-state index contributed by atoms with van der Waals surface area (Å²) in [6, 6.07) is 0. The molecule has 16 heavy (non-hydrogen) atoms. The summed E-state index contributed by atoms with van der Waals surface area (Å²) in [5, 5.41) is 3.24. The van der Waals surface area contributed by atoms with E-state index >= 15 is 0 Å². The van der Waals surface area contributed by atoms with Gasteiger partial charge in [0, 0.05) is 5.70 Å². The molecule has 0 bridgehead atoms. The minimum absolute atomic E-state index is 0.307. The molecule has 0 heterocycles. The van der Waals surface area contributed by atoms with Crippen LogP contribution in [0.15, 0.2) is 11.8 Å². The number of unbranched alkanes of at least 4 members (excludes halogenated alkanes) is 1. The molecule has 0 aliphatic heterocycles. The van der Waals surface area contributed by atoms with Crippen molar-refractivity contribution in [2.45, 2.75) is 39.5 Å². The maximum atomic E-state index is 5.51. The molecule has 0 atom stereocenters. The third kappa shape index (κ3) is 8.05. The summed E-state index contributed by atoms with van der Waals surface area (Å²) in [4.78, 5) is 0. The Balaban J connectivity index is 3.74. The SMILES string of the molecule is CC/C=C(/CCCCS(C)(C)CC)NCN. The molecule has 0 saturated carbocycles. The van der Waals surface area contributed by atoms with Crippen molar-refractivity contribution in [1.29, 1.82) is 0 Å². The van der Waals surface area contributed by atoms with Gasteiger partial charge in [-0.3, -0.25) is 0 Å². The molecule has 0 unspecified atom stereocenters. The van der Waals surface area contributed by atoms with Gasteiger partial charge in [-0.1, -0.05) is 19.9 Å². The molecule has 0 spiro atoms. The summed E-state index contributed by atoms with van der Waals surface area (Å²) < 4.78 is 0. The molecular weight excluding hydrogens is 216 g/mol. The molecule has 0 radical (unpaired) electrons. The molecule has 0 amide bonds. The summed E-state index contributed by atoms with van der Waals surface area (Å²) in [5.74, 6) is 2.76. The average Bonchev–Trinajstić information content (AvgIpc) is 2.25. The lowest BCUT2D eigenvalue weighted by molar-refractivity contribution is 0.705. The number of allylic oxidation sites excluding steroid dienone is 2. The molecule has 3 heteroatoms. The van der Waals surface area contributed by atoms with E-state index in [0.717, 1.165) is 12.8 Å². The molecule has 0 aliphatic rings. The minimum atomic E-state index is -0.307. The highest BCUT2D eigenvalue weighted by molar-refractivity contribution is 8.32. The largest absolute Gasteiger partial charge is 0.376 e. The topological polar surface area (TPSA) is 38.0 Å². The summed E-state index contributed by atoms with van der Waals surface area (Å²) in [6.45, 7) is 5.04. The highest BCUT2D eigenvalue weighted by atomic mass is 32.3. The minimum Gasteiger partial charge on any atom is -0.376 e. The zero-order valence-corrected chi connectivity index (χ0v) is 12.3. The first-order valence-corrected chi connectivity index (χ1v) is 9.16. The maximum absolute atomic E-state index is 5.51. The molecule has 0 saturated heterocycles. The summed E-state index contributed by atoms with van der Waals surface area (Å²) >= 11 is 0. The van der Waals surface area contributed by atoms with Crippen LogP contribution in [0.5, 0.6) is 0 Å². The van der Waals surface area contributed by atoms with Gasteiger partial charge >= 0.3 is 0 Å². The Kier molecular flexibility index (Phi) is 8.86. The highest BCUT2D eigenvalue weighted by Crippen LogP contribution is 2.39. The third-order valence-electron chi connectivity index (χ3n) is 2.95. The van der Waals surface area contributed by atoms with E-state index in [0.29, 0.717) is 6.67 Å². The van der Waals surface area contributed by atoms with Crippen LogP contribution < -0.4 is 11.1 Å². The second kappa shape index (κ2) is 8.94. The van der Waals surface area contributed by atoms with Gasteiger partial charge in [0.05, 0.1) is 6.67 Å². The monoisotopic (exact) mass is 246 g/mol. The van der Waals surface area contributed by atoms with Gasteiger partial charge in [-0.05, 0) is 49.7 Å². The molecule has 98 valence electrons. The molecule has 3 N–H and O–H groups in total. The highest BCUT2D eigenvalue weighted by Gasteiger charge is 2.07. The van der Waals surface area contributed by atoms with E-state index < -0.39 is 0 Å². The van der Waals surface area contributed by atoms with Gasteiger partial charge in [0.2, 0.25) is 0 Å². The second-order valence-corrected chi connectivity index (χ2v) is 9.26. The lowest BCUT2D eigenvalue weighted by Crippen LogP contribution is -2.21. The quantitative estimate of drug-likeness (QED) is 0.485. The first kappa shape index (κ1) is 15.9. The van der Waals surface area contributed by atoms with Gasteiger partial charge < -0.3 is 11.1 Å². The number of nitrogens with two attached hydrogens (primary N) is 1. The standard InChI is InChI=1S/C13H30N2S/c1-5-9-13(15-12-14)10-7-8-11-16(3,4)6-2/h9,15H,5-8,10-12,14H2,1-4H3/b13-9-. The molecule has 0 rings (SSSR count). The van der Waals surface area contributed by atoms with E-state index in [2.05, 4.69) is 37.8 Å². The molecule has 0 aliphatic carbocycles. The fraction of sp³-hybridized carbons (Fsp3) is 0.846. The third-order valence-corrected chi connectivity index (χ3v) is 5.91. The van der Waals surface area contributed by atoms with Crippen molar-refractivity contribution in [1.82, 2.24) is 5.32 Å². The van der Waals surface area contributed by atoms with Crippen molar-refractivity contribution in [2.24, 2.45) is 5.73 Å². The van der Waals surface area contributed by atoms with Crippen molar-refractivity contribution < 1.29 is 0 Å². The van der Waals surface area contributed by atoms with Crippen LogP contribution in [0.25, 0.3) is 0 Å². The van der Waals surface area contributed by atoms with Crippen LogP contribution in [0.4, 0.5) is 0 Å². The van der Waals surface area contributed by atoms with Crippen LogP contribution in [0.1, 0.15) is 39.5 Å². The number of rotatable bonds is 9. The predicted molar refractivity (Wildman–Crippen MR) is 79.3 cm³/mol. The van der Waals surface area contributed by atoms with Crippen LogP contribution in [-0.4, -0.2) is 30.7 Å². The van der Waals surface area contributed by atoms with Crippen molar-refractivity contribution >= 4 is 10.0 Å². The van der Waals surface area contributed by atoms with E-state index in [4.69, 9.17) is 5.73 Å². The van der Waals surface area contributed by atoms with E-state index in [1.807, 2.05) is 0 Å². The summed E-state index contributed by atoms with van der Waals surface area (Å²) in [5.41, 5.74) is 6.83. The fourth-order valence-corrected chi connectivity index (χ4v) is 2.87. The zero-order chi connectivity index (χ0) is 12.4. The molecule has 0 aromatic carbocycles. The Morgan fingerprint density at radius 3 is 2.44 bits per heavy atom. The Morgan fingerprint density at radius 2 is 1.94 bits per heavy atom. The Labute approximate surface area is 103 Å². The van der Waals surface area contributed by atoms with Crippen molar-refractivity contribution in [3.05, 3.63) is 11.8 Å². The summed E-state index contributed by atoms with van der Waals surface area (Å²) in [7, 11) is -0.307. The van der Waals surface area contributed by atoms with Gasteiger partial charge in [0.25, 0.3) is 0 Å². The number of hydrogen-bond donors (Lipinski definition) is 2. The van der Waals surface area contributed by atoms with Crippen molar-refractivity contribution in [3.8, 4) is 0 Å². The second-order valence-electron chi connectivity index (χ2n) is 4.74. The van der Waals surface area contributed by atoms with Crippen molar-refractivity contribution in [2.75, 3.05) is 30.7 Å². The van der Waals surface area contributed by atoms with E-state index in [1.54, 1.807) is 0 Å². The first-order valence-electron chi connectivity index (χ1n) is 6.37. The molecule has 2 nitrogen and oxygen atoms in total. The van der Waals surface area contributed by atoms with Crippen LogP contribution in [0.3, 0.4) is 0 Å². The van der Waals surface area contributed by atoms with E-state index in [1.165, 1.54) is 30.0 Å². The molecule has 0 fully saturated rings. The first-order chi connectivity index (χ1) is 7.55. The van der Waals surface area contributed by atoms with Gasteiger partial charge in [-0.2, -0.15) is 0 Å². The Hall–Kier alpha value is -0.150. The van der Waals surface area contributed by atoms with Gasteiger partial charge in [-0.15, -0.1) is 0 Å². The van der Waals surface area contributed by atoms with E-state index in [-0.39, 0.29) is 10.0 Å². The molecular formula is C13H30N2S. The van der Waals surface area contributed by atoms with Crippen LogP contribution in [0.2, 0.25) is 0 Å². The number of nitrogens with one attached hydrogen (secondary N) is 1. The number of hydrogen-bond acceptors (Lipinski definition) is 2. The lowest BCUT2D eigenvalue weighted by Gasteiger charge is -2.29. The average molecular weight is 246 g/mol. The van der Waals surface area contributed by atoms with Gasteiger partial charge in [0.1, 0.15) is 0 Å². The predicted octanol–water partition coefficient (Wildman–Crippen LogP) is 3.04. The normalized spacial score (nSPS) is 13.9. The van der Waals surface area contributed by atoms with Crippen molar-refractivity contribution in [3.63, 3.8) is 0 Å². The lowest BCUT2D eigenvalue weighted by atomic mass is 10.2.